The minimum atomic E-state index is 0.0843. The van der Waals surface area contributed by atoms with Crippen molar-refractivity contribution >= 4 is 28.4 Å². The van der Waals surface area contributed by atoms with Gasteiger partial charge in [0, 0.05) is 28.7 Å². The fourth-order valence-electron chi connectivity index (χ4n) is 7.48. The van der Waals surface area contributed by atoms with Crippen LogP contribution in [0.4, 0.5) is 28.4 Å². The smallest absolute Gasteiger partial charge is 0.0520 e. The third-order valence-electron chi connectivity index (χ3n) is 10.6. The molecule has 5 rings (SSSR count). The fraction of sp³-hybridized carbons (Fsp3) is 0.388. The van der Waals surface area contributed by atoms with E-state index in [0.29, 0.717) is 5.92 Å². The first kappa shape index (κ1) is 37.9. The van der Waals surface area contributed by atoms with Crippen LogP contribution >= 0.6 is 0 Å². The summed E-state index contributed by atoms with van der Waals surface area (Å²) in [5, 5.41) is 0. The molecule has 268 valence electrons. The highest BCUT2D eigenvalue weighted by atomic mass is 15.2. The van der Waals surface area contributed by atoms with Crippen LogP contribution in [0.5, 0.6) is 0 Å². The maximum atomic E-state index is 2.48. The Morgan fingerprint density at radius 3 is 1.45 bits per heavy atom. The number of benzene rings is 4. The second kappa shape index (κ2) is 15.1. The summed E-state index contributed by atoms with van der Waals surface area (Å²) in [7, 11) is 0. The summed E-state index contributed by atoms with van der Waals surface area (Å²) in [5.41, 5.74) is 18.1. The SMILES string of the molecule is CC=C(C)C1C=CC(N(c2ccc(N(c3ccc(CCC)cc3)c3c(C)cc(C(C)(C)C)cc3C)cc2)c2c(C)cc(C(C)(C)C)cc2C)=CC1. The van der Waals surface area contributed by atoms with E-state index < -0.39 is 0 Å². The molecule has 0 aliphatic heterocycles. The number of hydrogen-bond donors (Lipinski definition) is 0. The van der Waals surface area contributed by atoms with Crippen LogP contribution in [0.2, 0.25) is 0 Å². The molecule has 2 nitrogen and oxygen atoms in total. The van der Waals surface area contributed by atoms with E-state index in [9.17, 15) is 0 Å². The van der Waals surface area contributed by atoms with Crippen molar-refractivity contribution in [3.63, 3.8) is 0 Å². The van der Waals surface area contributed by atoms with E-state index in [1.54, 1.807) is 0 Å². The van der Waals surface area contributed by atoms with Crippen LogP contribution in [0, 0.1) is 33.6 Å². The van der Waals surface area contributed by atoms with Crippen LogP contribution in [0.3, 0.4) is 0 Å². The van der Waals surface area contributed by atoms with E-state index in [-0.39, 0.29) is 10.8 Å². The van der Waals surface area contributed by atoms with Crippen LogP contribution in [-0.4, -0.2) is 0 Å². The van der Waals surface area contributed by atoms with Gasteiger partial charge in [0.25, 0.3) is 0 Å². The maximum Gasteiger partial charge on any atom is 0.0520 e. The lowest BCUT2D eigenvalue weighted by atomic mass is 9.84. The van der Waals surface area contributed by atoms with E-state index in [1.165, 1.54) is 73.0 Å². The summed E-state index contributed by atoms with van der Waals surface area (Å²) < 4.78 is 0. The number of nitrogens with zero attached hydrogens (tertiary/aromatic N) is 2. The summed E-state index contributed by atoms with van der Waals surface area (Å²) in [6, 6.07) is 28.0. The largest absolute Gasteiger partial charge is 0.310 e. The molecule has 0 amide bonds. The van der Waals surface area contributed by atoms with Crippen molar-refractivity contribution < 1.29 is 0 Å². The van der Waals surface area contributed by atoms with E-state index in [1.807, 2.05) is 0 Å². The molecule has 0 radical (unpaired) electrons. The summed E-state index contributed by atoms with van der Waals surface area (Å²) in [6.45, 7) is 29.5. The Hall–Kier alpha value is -4.30. The van der Waals surface area contributed by atoms with Crippen molar-refractivity contribution in [1.82, 2.24) is 0 Å². The van der Waals surface area contributed by atoms with Gasteiger partial charge in [-0.3, -0.25) is 0 Å². The number of allylic oxidation sites excluding steroid dienone is 5. The summed E-state index contributed by atoms with van der Waals surface area (Å²) in [4.78, 5) is 4.94. The molecular formula is C49H62N2. The van der Waals surface area contributed by atoms with Crippen molar-refractivity contribution in [1.29, 1.82) is 0 Å². The Balaban J connectivity index is 1.66. The molecule has 1 unspecified atom stereocenters. The monoisotopic (exact) mass is 678 g/mol. The lowest BCUT2D eigenvalue weighted by Gasteiger charge is -2.34. The first-order valence-electron chi connectivity index (χ1n) is 19.1. The average Bonchev–Trinajstić information content (AvgIpc) is 3.07. The Kier molecular flexibility index (Phi) is 11.3. The molecule has 0 saturated heterocycles. The van der Waals surface area contributed by atoms with Gasteiger partial charge in [0.1, 0.15) is 0 Å². The Labute approximate surface area is 310 Å². The predicted octanol–water partition coefficient (Wildman–Crippen LogP) is 14.5. The first-order chi connectivity index (χ1) is 24.0. The van der Waals surface area contributed by atoms with Gasteiger partial charge in [-0.2, -0.15) is 0 Å². The van der Waals surface area contributed by atoms with Gasteiger partial charge < -0.3 is 9.80 Å². The third kappa shape index (κ3) is 8.27. The van der Waals surface area contributed by atoms with Crippen molar-refractivity contribution in [3.8, 4) is 0 Å². The lowest BCUT2D eigenvalue weighted by Crippen LogP contribution is -2.21. The molecule has 0 saturated carbocycles. The maximum absolute atomic E-state index is 2.48. The molecule has 4 aromatic carbocycles. The second-order valence-electron chi connectivity index (χ2n) is 16.9. The van der Waals surface area contributed by atoms with E-state index >= 15 is 0 Å². The second-order valence-corrected chi connectivity index (χ2v) is 16.9. The molecule has 2 heteroatoms. The van der Waals surface area contributed by atoms with Gasteiger partial charge in [0.05, 0.1) is 11.4 Å². The van der Waals surface area contributed by atoms with Gasteiger partial charge in [-0.05, 0) is 147 Å². The standard InChI is InChI=1S/C49H62N2/c1-14-16-38-17-21-42(22-18-38)50(46-34(4)29-40(30-35(46)5)48(8,9)10)44-25-27-45(28-26-44)51(43-23-19-39(20-24-43)33(3)15-2)47-36(6)31-41(32-37(47)7)49(11,12)13/h15,17-19,21-32,39H,14,16,20H2,1-13H3. The third-order valence-corrected chi connectivity index (χ3v) is 10.6. The molecule has 1 aliphatic carbocycles. The molecule has 0 fully saturated rings. The molecule has 0 bridgehead atoms. The molecule has 0 aromatic heterocycles. The van der Waals surface area contributed by atoms with Gasteiger partial charge in [0.15, 0.2) is 0 Å². The quantitative estimate of drug-likeness (QED) is 0.163. The van der Waals surface area contributed by atoms with E-state index in [0.717, 1.165) is 24.9 Å². The normalized spacial score (nSPS) is 15.2. The first-order valence-corrected chi connectivity index (χ1v) is 19.1. The zero-order valence-electron chi connectivity index (χ0n) is 33.8. The molecule has 0 N–H and O–H groups in total. The van der Waals surface area contributed by atoms with Crippen LogP contribution in [-0.2, 0) is 17.3 Å². The topological polar surface area (TPSA) is 6.48 Å². The number of anilines is 5. The minimum Gasteiger partial charge on any atom is -0.310 e. The Morgan fingerprint density at radius 1 is 0.667 bits per heavy atom. The van der Waals surface area contributed by atoms with Crippen LogP contribution in [0.15, 0.2) is 108 Å². The summed E-state index contributed by atoms with van der Waals surface area (Å²) in [5.74, 6) is 0.446. The van der Waals surface area contributed by atoms with Gasteiger partial charge in [-0.15, -0.1) is 0 Å². The van der Waals surface area contributed by atoms with Gasteiger partial charge >= 0.3 is 0 Å². The number of hydrogen-bond acceptors (Lipinski definition) is 2. The zero-order valence-corrected chi connectivity index (χ0v) is 33.8. The number of rotatable bonds is 9. The molecule has 0 spiro atoms. The molecule has 0 heterocycles. The molecule has 1 aliphatic rings. The molecule has 51 heavy (non-hydrogen) atoms. The average molecular weight is 679 g/mol. The summed E-state index contributed by atoms with van der Waals surface area (Å²) >= 11 is 0. The van der Waals surface area contributed by atoms with Gasteiger partial charge in [-0.1, -0.05) is 115 Å². The van der Waals surface area contributed by atoms with Crippen LogP contribution in [0.25, 0.3) is 0 Å². The van der Waals surface area contributed by atoms with Crippen molar-refractivity contribution in [2.24, 2.45) is 5.92 Å². The Morgan fingerprint density at radius 2 is 1.08 bits per heavy atom. The molecule has 1 atom stereocenters. The van der Waals surface area contributed by atoms with Crippen molar-refractivity contribution in [2.75, 3.05) is 9.80 Å². The Bertz CT molecular complexity index is 1890. The van der Waals surface area contributed by atoms with Gasteiger partial charge in [0.2, 0.25) is 0 Å². The number of aryl methyl sites for hydroxylation is 5. The molecular weight excluding hydrogens is 617 g/mol. The van der Waals surface area contributed by atoms with Crippen LogP contribution in [0.1, 0.15) is 114 Å². The zero-order chi connectivity index (χ0) is 37.2. The van der Waals surface area contributed by atoms with Crippen molar-refractivity contribution in [3.05, 3.63) is 147 Å². The van der Waals surface area contributed by atoms with Gasteiger partial charge in [-0.25, -0.2) is 0 Å². The highest BCUT2D eigenvalue weighted by molar-refractivity contribution is 5.83. The highest BCUT2D eigenvalue weighted by Gasteiger charge is 2.25. The van der Waals surface area contributed by atoms with Crippen molar-refractivity contribution in [2.45, 2.75) is 120 Å². The van der Waals surface area contributed by atoms with E-state index in [4.69, 9.17) is 0 Å². The van der Waals surface area contributed by atoms with Crippen LogP contribution < -0.4 is 9.80 Å². The minimum absolute atomic E-state index is 0.0843. The fourth-order valence-corrected chi connectivity index (χ4v) is 7.48. The lowest BCUT2D eigenvalue weighted by molar-refractivity contribution is 0.589. The highest BCUT2D eigenvalue weighted by Crippen LogP contribution is 2.44. The summed E-state index contributed by atoms with van der Waals surface area (Å²) in [6.07, 6.45) is 12.6. The van der Waals surface area contributed by atoms with E-state index in [2.05, 4.69) is 197 Å². The predicted molar refractivity (Wildman–Crippen MR) is 225 cm³/mol. The molecule has 4 aromatic rings.